The number of phenols is 1. The number of fused-ring (bicyclic) bond motifs is 2. The van der Waals surface area contributed by atoms with Crippen molar-refractivity contribution in [1.82, 2.24) is 20.3 Å². The molecule has 164 valence electrons. The topological polar surface area (TPSA) is 87.3 Å². The second-order valence-electron chi connectivity index (χ2n) is 9.16. The average Bonchev–Trinajstić information content (AvgIpc) is 3.37. The summed E-state index contributed by atoms with van der Waals surface area (Å²) in [6, 6.07) is 10.3. The molecule has 0 radical (unpaired) electrons. The third kappa shape index (κ3) is 3.46. The van der Waals surface area contributed by atoms with E-state index >= 15 is 0 Å². The molecule has 3 aromatic heterocycles. The van der Waals surface area contributed by atoms with Crippen molar-refractivity contribution in [3.8, 4) is 17.0 Å². The molecule has 7 nitrogen and oxygen atoms in total. The first-order valence-corrected chi connectivity index (χ1v) is 11.4. The van der Waals surface area contributed by atoms with Crippen LogP contribution in [0.5, 0.6) is 5.75 Å². The average molecular weight is 430 g/mol. The van der Waals surface area contributed by atoms with E-state index in [0.29, 0.717) is 39.9 Å². The highest BCUT2D eigenvalue weighted by molar-refractivity contribution is 5.89. The summed E-state index contributed by atoms with van der Waals surface area (Å²) < 4.78 is 5.70. The summed E-state index contributed by atoms with van der Waals surface area (Å²) >= 11 is 0. The minimum Gasteiger partial charge on any atom is -0.507 e. The van der Waals surface area contributed by atoms with E-state index in [1.165, 1.54) is 12.8 Å². The first-order chi connectivity index (χ1) is 15.5. The molecule has 7 heteroatoms. The first-order valence-electron chi connectivity index (χ1n) is 11.4. The summed E-state index contributed by atoms with van der Waals surface area (Å²) in [6.45, 7) is 6.83. The van der Waals surface area contributed by atoms with Crippen molar-refractivity contribution in [2.45, 2.75) is 39.2 Å². The fraction of sp³-hybridized carbons (Fsp3) is 0.400. The minimum absolute atomic E-state index is 0.184. The number of hydrogen-bond donors (Lipinski definition) is 2. The molecule has 1 aromatic carbocycles. The van der Waals surface area contributed by atoms with Gasteiger partial charge in [0.25, 0.3) is 0 Å². The molecule has 2 aliphatic rings. The number of phenolic OH excluding ortho intramolecular Hbond substituents is 1. The lowest BCUT2D eigenvalue weighted by molar-refractivity contribution is 0.473. The summed E-state index contributed by atoms with van der Waals surface area (Å²) in [7, 11) is 0. The molecular formula is C25H27N5O2. The Balaban J connectivity index is 1.28. The van der Waals surface area contributed by atoms with E-state index in [1.807, 2.05) is 31.2 Å². The molecule has 0 unspecified atom stereocenters. The van der Waals surface area contributed by atoms with Gasteiger partial charge < -0.3 is 19.7 Å². The van der Waals surface area contributed by atoms with Gasteiger partial charge in [0.05, 0.1) is 16.7 Å². The maximum absolute atomic E-state index is 10.8. The lowest BCUT2D eigenvalue weighted by Gasteiger charge is -2.18. The van der Waals surface area contributed by atoms with Crippen molar-refractivity contribution in [3.05, 3.63) is 41.8 Å². The van der Waals surface area contributed by atoms with Crippen LogP contribution in [-0.4, -0.2) is 45.7 Å². The van der Waals surface area contributed by atoms with Gasteiger partial charge in [-0.15, -0.1) is 0 Å². The Labute approximate surface area is 186 Å². The second-order valence-corrected chi connectivity index (χ2v) is 9.16. The number of rotatable bonds is 5. The number of aromatic hydroxyl groups is 1. The Morgan fingerprint density at radius 2 is 1.88 bits per heavy atom. The van der Waals surface area contributed by atoms with Gasteiger partial charge in [-0.25, -0.2) is 15.0 Å². The number of hydrogen-bond acceptors (Lipinski definition) is 7. The standard InChI is InChI=1S/C25H27N5O2/c1-14-24-22(32-15(2)27-24)11-18(25(14)31)19-5-6-21-20(28-19)7-8-23(29-21)30-10-9-17(13-30)26-12-16-3-4-16/h5-8,11,16-17,26,31H,3-4,9-10,12-13H2,1-2H3/t17-/m0/s1. The lowest BCUT2D eigenvalue weighted by Crippen LogP contribution is -2.34. The predicted molar refractivity (Wildman–Crippen MR) is 125 cm³/mol. The van der Waals surface area contributed by atoms with Gasteiger partial charge in [0.2, 0.25) is 0 Å². The van der Waals surface area contributed by atoms with Crippen LogP contribution in [0.4, 0.5) is 5.82 Å². The van der Waals surface area contributed by atoms with Gasteiger partial charge in [-0.05, 0) is 69.0 Å². The molecule has 4 aromatic rings. The summed E-state index contributed by atoms with van der Waals surface area (Å²) in [5.41, 5.74) is 5.03. The molecule has 0 amide bonds. The summed E-state index contributed by atoms with van der Waals surface area (Å²) in [6.07, 6.45) is 3.92. The third-order valence-electron chi connectivity index (χ3n) is 6.71. The molecule has 1 aliphatic carbocycles. The maximum Gasteiger partial charge on any atom is 0.192 e. The molecule has 1 saturated heterocycles. The molecule has 1 aliphatic heterocycles. The Morgan fingerprint density at radius 3 is 2.72 bits per heavy atom. The maximum atomic E-state index is 10.8. The fourth-order valence-electron chi connectivity index (χ4n) is 4.63. The van der Waals surface area contributed by atoms with Crippen molar-refractivity contribution < 1.29 is 9.52 Å². The molecule has 4 heterocycles. The van der Waals surface area contributed by atoms with Crippen LogP contribution in [0.15, 0.2) is 34.7 Å². The SMILES string of the molecule is Cc1nc2c(C)c(O)c(-c3ccc4nc(N5CC[C@H](NCC6CC6)C5)ccc4n3)cc2o1. The van der Waals surface area contributed by atoms with E-state index in [2.05, 4.69) is 21.3 Å². The summed E-state index contributed by atoms with van der Waals surface area (Å²) in [4.78, 5) is 16.4. The molecule has 1 atom stereocenters. The van der Waals surface area contributed by atoms with Crippen molar-refractivity contribution in [2.24, 2.45) is 5.92 Å². The Hall–Kier alpha value is -3.19. The number of oxazole rings is 1. The van der Waals surface area contributed by atoms with Gasteiger partial charge in [0, 0.05) is 37.2 Å². The highest BCUT2D eigenvalue weighted by Gasteiger charge is 2.27. The van der Waals surface area contributed by atoms with E-state index < -0.39 is 0 Å². The highest BCUT2D eigenvalue weighted by atomic mass is 16.3. The molecule has 0 bridgehead atoms. The number of anilines is 1. The molecule has 0 spiro atoms. The van der Waals surface area contributed by atoms with E-state index in [1.54, 1.807) is 6.92 Å². The lowest BCUT2D eigenvalue weighted by atomic mass is 10.0. The predicted octanol–water partition coefficient (Wildman–Crippen LogP) is 4.34. The van der Waals surface area contributed by atoms with Gasteiger partial charge in [-0.3, -0.25) is 0 Å². The molecule has 32 heavy (non-hydrogen) atoms. The van der Waals surface area contributed by atoms with Gasteiger partial charge in [0.1, 0.15) is 17.1 Å². The van der Waals surface area contributed by atoms with Gasteiger partial charge >= 0.3 is 0 Å². The fourth-order valence-corrected chi connectivity index (χ4v) is 4.63. The number of nitrogens with zero attached hydrogens (tertiary/aromatic N) is 4. The van der Waals surface area contributed by atoms with E-state index in [0.717, 1.165) is 48.8 Å². The van der Waals surface area contributed by atoms with Crippen LogP contribution in [0.1, 0.15) is 30.7 Å². The van der Waals surface area contributed by atoms with Crippen LogP contribution >= 0.6 is 0 Å². The van der Waals surface area contributed by atoms with Crippen molar-refractivity contribution in [2.75, 3.05) is 24.5 Å². The second kappa shape index (κ2) is 7.45. The third-order valence-corrected chi connectivity index (χ3v) is 6.71. The van der Waals surface area contributed by atoms with Gasteiger partial charge in [-0.2, -0.15) is 0 Å². The van der Waals surface area contributed by atoms with Gasteiger partial charge in [-0.1, -0.05) is 0 Å². The smallest absolute Gasteiger partial charge is 0.192 e. The minimum atomic E-state index is 0.184. The first kappa shape index (κ1) is 19.5. The number of benzene rings is 1. The van der Waals surface area contributed by atoms with Crippen LogP contribution in [0.3, 0.4) is 0 Å². The number of aryl methyl sites for hydroxylation is 2. The molecular weight excluding hydrogens is 402 g/mol. The normalized spacial score (nSPS) is 18.8. The van der Waals surface area contributed by atoms with Crippen LogP contribution in [-0.2, 0) is 0 Å². The summed E-state index contributed by atoms with van der Waals surface area (Å²) in [5, 5.41) is 14.5. The van der Waals surface area contributed by atoms with Crippen LogP contribution < -0.4 is 10.2 Å². The Kier molecular flexibility index (Phi) is 4.54. The van der Waals surface area contributed by atoms with E-state index in [4.69, 9.17) is 14.4 Å². The zero-order chi connectivity index (χ0) is 21.8. The molecule has 2 fully saturated rings. The number of aromatic nitrogens is 3. The van der Waals surface area contributed by atoms with E-state index in [9.17, 15) is 5.11 Å². The van der Waals surface area contributed by atoms with Crippen LogP contribution in [0.2, 0.25) is 0 Å². The van der Waals surface area contributed by atoms with Crippen molar-refractivity contribution >= 4 is 28.0 Å². The van der Waals surface area contributed by atoms with Crippen LogP contribution in [0.25, 0.3) is 33.4 Å². The molecule has 2 N–H and O–H groups in total. The van der Waals surface area contributed by atoms with Crippen molar-refractivity contribution in [3.63, 3.8) is 0 Å². The van der Waals surface area contributed by atoms with Gasteiger partial charge in [0.15, 0.2) is 11.5 Å². The summed E-state index contributed by atoms with van der Waals surface area (Å²) in [5.74, 6) is 2.67. The Bertz CT molecular complexity index is 1330. The number of pyridine rings is 2. The van der Waals surface area contributed by atoms with Crippen LogP contribution in [0, 0.1) is 19.8 Å². The largest absolute Gasteiger partial charge is 0.507 e. The van der Waals surface area contributed by atoms with Crippen molar-refractivity contribution in [1.29, 1.82) is 0 Å². The quantitative estimate of drug-likeness (QED) is 0.488. The zero-order valence-corrected chi connectivity index (χ0v) is 18.4. The zero-order valence-electron chi connectivity index (χ0n) is 18.4. The molecule has 1 saturated carbocycles. The number of nitrogens with one attached hydrogen (secondary N) is 1. The molecule has 6 rings (SSSR count). The Morgan fingerprint density at radius 1 is 1.06 bits per heavy atom. The van der Waals surface area contributed by atoms with E-state index in [-0.39, 0.29) is 5.75 Å². The monoisotopic (exact) mass is 429 g/mol. The highest BCUT2D eigenvalue weighted by Crippen LogP contribution is 2.37.